The molecule has 1 aliphatic heterocycles. The number of anilines is 1. The number of hydrogen-bond acceptors (Lipinski definition) is 2. The number of alkyl halides is 2. The second kappa shape index (κ2) is 7.92. The van der Waals surface area contributed by atoms with Crippen LogP contribution in [0.15, 0.2) is 35.4 Å². The predicted molar refractivity (Wildman–Crippen MR) is 102 cm³/mol. The van der Waals surface area contributed by atoms with E-state index in [1.165, 1.54) is 10.6 Å². The number of nitrogens with zero attached hydrogens (tertiary/aromatic N) is 1. The minimum Gasteiger partial charge on any atom is -0.345 e. The second-order valence-electron chi connectivity index (χ2n) is 6.87. The Morgan fingerprint density at radius 2 is 2.04 bits per heavy atom. The van der Waals surface area contributed by atoms with Crippen LogP contribution in [-0.2, 0) is 18.0 Å². The average molecular weight is 411 g/mol. The zero-order valence-electron chi connectivity index (χ0n) is 15.5. The molecule has 2 heterocycles. The maximum absolute atomic E-state index is 13.5. The smallest absolute Gasteiger partial charge is 0.272 e. The Hall–Kier alpha value is -2.39. The lowest BCUT2D eigenvalue weighted by molar-refractivity contribution is 0.101. The zero-order chi connectivity index (χ0) is 20.6. The Bertz CT molecular complexity index is 970. The van der Waals surface area contributed by atoms with Crippen LogP contribution in [0.4, 0.5) is 18.9 Å². The quantitative estimate of drug-likeness (QED) is 0.798. The lowest BCUT2D eigenvalue weighted by atomic mass is 10.0. The van der Waals surface area contributed by atoms with Crippen LogP contribution in [-0.4, -0.2) is 20.7 Å². The average Bonchev–Trinajstić information content (AvgIpc) is 2.87. The highest BCUT2D eigenvalue weighted by Crippen LogP contribution is 2.28. The highest BCUT2D eigenvalue weighted by Gasteiger charge is 2.26. The van der Waals surface area contributed by atoms with Gasteiger partial charge in [0.15, 0.2) is 0 Å². The topological polar surface area (TPSA) is 63.1 Å². The Morgan fingerprint density at radius 3 is 2.68 bits per heavy atom. The van der Waals surface area contributed by atoms with Crippen LogP contribution in [0.5, 0.6) is 0 Å². The molecule has 0 radical (unpaired) electrons. The Morgan fingerprint density at radius 1 is 1.32 bits per heavy atom. The fraction of sp³-hybridized carbons (Fsp3) is 0.316. The standard InChI is InChI=1S/C19H20F3N3O2S/c1-10(2)15-7-5-12-16(28(27)24-15)9-25(3)17(12)19(26)23-11-4-6-14(20)13(8-11)18(21)22/h4-10,15,18,24H,1-3H3,(H,23,26). The van der Waals surface area contributed by atoms with Gasteiger partial charge in [0, 0.05) is 30.5 Å². The van der Waals surface area contributed by atoms with Crippen molar-refractivity contribution in [2.45, 2.75) is 31.2 Å². The first-order chi connectivity index (χ1) is 13.2. The molecule has 1 aromatic heterocycles. The minimum atomic E-state index is -2.99. The van der Waals surface area contributed by atoms with Gasteiger partial charge >= 0.3 is 0 Å². The third-order valence-electron chi connectivity index (χ3n) is 4.52. The van der Waals surface area contributed by atoms with Crippen LogP contribution in [0.3, 0.4) is 0 Å². The summed E-state index contributed by atoms with van der Waals surface area (Å²) in [6.07, 6.45) is 2.18. The van der Waals surface area contributed by atoms with Gasteiger partial charge in [-0.15, -0.1) is 0 Å². The highest BCUT2D eigenvalue weighted by atomic mass is 32.2. The molecule has 0 spiro atoms. The molecule has 0 aliphatic carbocycles. The van der Waals surface area contributed by atoms with E-state index >= 15 is 0 Å². The van der Waals surface area contributed by atoms with Crippen molar-refractivity contribution < 1.29 is 22.2 Å². The normalized spacial score (nSPS) is 19.0. The van der Waals surface area contributed by atoms with E-state index in [-0.39, 0.29) is 23.3 Å². The number of benzene rings is 1. The molecule has 2 aromatic rings. The van der Waals surface area contributed by atoms with E-state index < -0.39 is 34.7 Å². The summed E-state index contributed by atoms with van der Waals surface area (Å²) in [4.78, 5) is 13.3. The molecule has 0 saturated carbocycles. The van der Waals surface area contributed by atoms with Crippen LogP contribution < -0.4 is 10.0 Å². The molecule has 1 amide bonds. The molecule has 150 valence electrons. The van der Waals surface area contributed by atoms with Gasteiger partial charge in [-0.2, -0.15) is 0 Å². The number of halogens is 3. The molecular formula is C19H20F3N3O2S. The van der Waals surface area contributed by atoms with Gasteiger partial charge in [-0.05, 0) is 24.1 Å². The Kier molecular flexibility index (Phi) is 5.76. The van der Waals surface area contributed by atoms with Gasteiger partial charge in [0.05, 0.1) is 10.5 Å². The molecule has 9 heteroatoms. The monoisotopic (exact) mass is 411 g/mol. The van der Waals surface area contributed by atoms with E-state index in [0.29, 0.717) is 10.5 Å². The van der Waals surface area contributed by atoms with Crippen molar-refractivity contribution >= 4 is 28.7 Å². The van der Waals surface area contributed by atoms with Crippen molar-refractivity contribution in [1.29, 1.82) is 0 Å². The maximum Gasteiger partial charge on any atom is 0.272 e. The number of aryl methyl sites for hydroxylation is 1. The maximum atomic E-state index is 13.5. The number of rotatable bonds is 4. The van der Waals surface area contributed by atoms with Crippen LogP contribution in [0.25, 0.3) is 6.08 Å². The largest absolute Gasteiger partial charge is 0.345 e. The fourth-order valence-corrected chi connectivity index (χ4v) is 4.31. The van der Waals surface area contributed by atoms with E-state index in [1.807, 2.05) is 19.9 Å². The molecule has 5 nitrogen and oxygen atoms in total. The lowest BCUT2D eigenvalue weighted by Gasteiger charge is -2.15. The minimum absolute atomic E-state index is 0.0496. The summed E-state index contributed by atoms with van der Waals surface area (Å²) in [7, 11) is 0.118. The zero-order valence-corrected chi connectivity index (χ0v) is 16.3. The van der Waals surface area contributed by atoms with E-state index in [9.17, 15) is 22.2 Å². The SMILES string of the molecule is CC(C)C1C=Cc2c(cn(C)c2C(=O)Nc2ccc(F)c(C(F)F)c2)S(=O)N1. The molecule has 1 aromatic carbocycles. The first kappa shape index (κ1) is 20.3. The summed E-state index contributed by atoms with van der Waals surface area (Å²) in [5.74, 6) is -1.41. The number of amides is 1. The van der Waals surface area contributed by atoms with Gasteiger partial charge in [-0.25, -0.2) is 22.1 Å². The van der Waals surface area contributed by atoms with Gasteiger partial charge in [-0.1, -0.05) is 26.0 Å². The van der Waals surface area contributed by atoms with Crippen LogP contribution in [0.1, 0.15) is 41.9 Å². The molecule has 2 unspecified atom stereocenters. The van der Waals surface area contributed by atoms with Crippen molar-refractivity contribution in [3.63, 3.8) is 0 Å². The van der Waals surface area contributed by atoms with Gasteiger partial charge < -0.3 is 9.88 Å². The molecule has 28 heavy (non-hydrogen) atoms. The van der Waals surface area contributed by atoms with Crippen molar-refractivity contribution in [3.05, 3.63) is 53.1 Å². The first-order valence-electron chi connectivity index (χ1n) is 8.63. The van der Waals surface area contributed by atoms with Crippen LogP contribution in [0, 0.1) is 11.7 Å². The Balaban J connectivity index is 1.95. The third kappa shape index (κ3) is 3.90. The van der Waals surface area contributed by atoms with Crippen molar-refractivity contribution in [2.24, 2.45) is 13.0 Å². The van der Waals surface area contributed by atoms with Gasteiger partial charge in [-0.3, -0.25) is 4.79 Å². The molecule has 1 aliphatic rings. The molecule has 0 bridgehead atoms. The van der Waals surface area contributed by atoms with E-state index in [0.717, 1.165) is 12.1 Å². The van der Waals surface area contributed by atoms with Crippen molar-refractivity contribution in [1.82, 2.24) is 9.29 Å². The number of nitrogens with one attached hydrogen (secondary N) is 2. The van der Waals surface area contributed by atoms with Gasteiger partial charge in [0.2, 0.25) is 0 Å². The summed E-state index contributed by atoms with van der Waals surface area (Å²) < 4.78 is 56.4. The number of carbonyl (C=O) groups excluding carboxylic acids is 1. The highest BCUT2D eigenvalue weighted by molar-refractivity contribution is 7.83. The third-order valence-corrected chi connectivity index (χ3v) is 5.73. The first-order valence-corrected chi connectivity index (χ1v) is 9.78. The van der Waals surface area contributed by atoms with E-state index in [2.05, 4.69) is 10.0 Å². The van der Waals surface area contributed by atoms with Gasteiger partial charge in [0.25, 0.3) is 12.3 Å². The predicted octanol–water partition coefficient (Wildman–Crippen LogP) is 4.02. The summed E-state index contributed by atoms with van der Waals surface area (Å²) >= 11 is 0. The number of fused-ring (bicyclic) bond motifs is 1. The van der Waals surface area contributed by atoms with Crippen LogP contribution in [0.2, 0.25) is 0 Å². The fourth-order valence-electron chi connectivity index (χ4n) is 2.97. The molecule has 0 fully saturated rings. The van der Waals surface area contributed by atoms with Crippen molar-refractivity contribution in [2.75, 3.05) is 5.32 Å². The van der Waals surface area contributed by atoms with E-state index in [4.69, 9.17) is 0 Å². The summed E-state index contributed by atoms with van der Waals surface area (Å²) in [6.45, 7) is 3.97. The van der Waals surface area contributed by atoms with E-state index in [1.54, 1.807) is 19.3 Å². The summed E-state index contributed by atoms with van der Waals surface area (Å²) in [6, 6.07) is 2.88. The molecule has 3 rings (SSSR count). The summed E-state index contributed by atoms with van der Waals surface area (Å²) in [5.41, 5.74) is -0.0130. The van der Waals surface area contributed by atoms with Crippen LogP contribution >= 0.6 is 0 Å². The second-order valence-corrected chi connectivity index (χ2v) is 8.09. The molecule has 2 atom stereocenters. The van der Waals surface area contributed by atoms with Gasteiger partial charge in [0.1, 0.15) is 22.5 Å². The number of aromatic nitrogens is 1. The Labute approximate surface area is 163 Å². The lowest BCUT2D eigenvalue weighted by Crippen LogP contribution is -2.32. The number of hydrogen-bond donors (Lipinski definition) is 2. The summed E-state index contributed by atoms with van der Waals surface area (Å²) in [5, 5.41) is 2.51. The number of carbonyl (C=O) groups is 1. The molecule has 0 saturated heterocycles. The molecule has 2 N–H and O–H groups in total. The molecular weight excluding hydrogens is 391 g/mol. The van der Waals surface area contributed by atoms with Crippen molar-refractivity contribution in [3.8, 4) is 0 Å².